The van der Waals surface area contributed by atoms with Crippen LogP contribution in [0.1, 0.15) is 48.4 Å². The fourth-order valence-corrected chi connectivity index (χ4v) is 3.44. The highest BCUT2D eigenvalue weighted by Crippen LogP contribution is 2.44. The monoisotopic (exact) mass is 334 g/mol. The van der Waals surface area contributed by atoms with Gasteiger partial charge in [-0.25, -0.2) is 0 Å². The fourth-order valence-electron chi connectivity index (χ4n) is 3.44. The van der Waals surface area contributed by atoms with Crippen molar-refractivity contribution in [3.63, 3.8) is 0 Å². The number of hydrogen-bond acceptors (Lipinski definition) is 2. The molecule has 128 valence electrons. The average molecular weight is 334 g/mol. The van der Waals surface area contributed by atoms with Gasteiger partial charge in [-0.2, -0.15) is 13.2 Å². The van der Waals surface area contributed by atoms with Gasteiger partial charge in [0.05, 0.1) is 11.6 Å². The van der Waals surface area contributed by atoms with Gasteiger partial charge >= 0.3 is 6.18 Å². The van der Waals surface area contributed by atoms with Crippen molar-refractivity contribution in [1.82, 2.24) is 0 Å². The number of nitrogens with two attached hydrogens (primary N) is 1. The molecule has 0 amide bonds. The number of nitrogens with one attached hydrogen (secondary N) is 1. The lowest BCUT2D eigenvalue weighted by Crippen LogP contribution is -2.26. The minimum absolute atomic E-state index is 0.00811. The molecule has 5 heteroatoms. The Morgan fingerprint density at radius 3 is 2.50 bits per heavy atom. The first-order valence-corrected chi connectivity index (χ1v) is 8.13. The standard InChI is InChI=1S/C19H21F3N2/c1-12(23)9-14-10-18(13-5-3-2-4-6-13)24-17-8-7-15(11-16(14)17)19(20,21)22/h2-8,11-12,14,18,24H,9-10,23H2,1H3/t12-,14+,18-/m1/s1. The van der Waals surface area contributed by atoms with Crippen LogP contribution in [-0.2, 0) is 6.18 Å². The lowest BCUT2D eigenvalue weighted by Gasteiger charge is -2.35. The maximum Gasteiger partial charge on any atom is 0.416 e. The van der Waals surface area contributed by atoms with E-state index in [1.165, 1.54) is 6.07 Å². The van der Waals surface area contributed by atoms with Crippen LogP contribution in [0.3, 0.4) is 0 Å². The summed E-state index contributed by atoms with van der Waals surface area (Å²) in [5.41, 5.74) is 7.97. The molecule has 0 radical (unpaired) electrons. The molecule has 0 saturated heterocycles. The van der Waals surface area contributed by atoms with Gasteiger partial charge in [-0.15, -0.1) is 0 Å². The summed E-state index contributed by atoms with van der Waals surface area (Å²) in [6, 6.07) is 14.0. The summed E-state index contributed by atoms with van der Waals surface area (Å²) in [5, 5.41) is 3.39. The molecule has 24 heavy (non-hydrogen) atoms. The first-order chi connectivity index (χ1) is 11.3. The van der Waals surface area contributed by atoms with Crippen LogP contribution in [0, 0.1) is 0 Å². The second-order valence-corrected chi connectivity index (χ2v) is 6.55. The quantitative estimate of drug-likeness (QED) is 0.821. The van der Waals surface area contributed by atoms with E-state index in [2.05, 4.69) is 5.32 Å². The molecule has 0 aromatic heterocycles. The van der Waals surface area contributed by atoms with E-state index >= 15 is 0 Å². The van der Waals surface area contributed by atoms with Crippen molar-refractivity contribution in [2.45, 2.75) is 43.9 Å². The van der Waals surface area contributed by atoms with Gasteiger partial charge in [-0.05, 0) is 55.0 Å². The number of halogens is 3. The van der Waals surface area contributed by atoms with Gasteiger partial charge in [0.15, 0.2) is 0 Å². The Balaban J connectivity index is 1.98. The molecule has 1 heterocycles. The highest BCUT2D eigenvalue weighted by Gasteiger charge is 2.34. The van der Waals surface area contributed by atoms with Crippen LogP contribution in [0.4, 0.5) is 18.9 Å². The zero-order valence-electron chi connectivity index (χ0n) is 13.5. The lowest BCUT2D eigenvalue weighted by molar-refractivity contribution is -0.137. The number of benzene rings is 2. The Labute approximate surface area is 139 Å². The Morgan fingerprint density at radius 1 is 1.17 bits per heavy atom. The summed E-state index contributed by atoms with van der Waals surface area (Å²) < 4.78 is 39.1. The molecular weight excluding hydrogens is 313 g/mol. The number of fused-ring (bicyclic) bond motifs is 1. The largest absolute Gasteiger partial charge is 0.416 e. The van der Waals surface area contributed by atoms with Gasteiger partial charge in [-0.3, -0.25) is 0 Å². The molecule has 2 aromatic carbocycles. The van der Waals surface area contributed by atoms with Crippen molar-refractivity contribution in [3.05, 3.63) is 65.2 Å². The number of rotatable bonds is 3. The van der Waals surface area contributed by atoms with Crippen LogP contribution in [0.2, 0.25) is 0 Å². The second kappa shape index (κ2) is 6.48. The van der Waals surface area contributed by atoms with Crippen LogP contribution >= 0.6 is 0 Å². The number of hydrogen-bond donors (Lipinski definition) is 2. The molecule has 0 spiro atoms. The number of anilines is 1. The van der Waals surface area contributed by atoms with Crippen LogP contribution in [0.15, 0.2) is 48.5 Å². The topological polar surface area (TPSA) is 38.0 Å². The molecule has 1 aliphatic heterocycles. The molecule has 0 unspecified atom stereocenters. The maximum absolute atomic E-state index is 13.0. The third-order valence-corrected chi connectivity index (χ3v) is 4.53. The van der Waals surface area contributed by atoms with E-state index in [0.717, 1.165) is 23.7 Å². The summed E-state index contributed by atoms with van der Waals surface area (Å²) in [7, 11) is 0. The fraction of sp³-hybridized carbons (Fsp3) is 0.368. The smallest absolute Gasteiger partial charge is 0.378 e. The van der Waals surface area contributed by atoms with E-state index < -0.39 is 11.7 Å². The molecule has 3 rings (SSSR count). The minimum Gasteiger partial charge on any atom is -0.378 e. The van der Waals surface area contributed by atoms with Crippen LogP contribution in [0.5, 0.6) is 0 Å². The third-order valence-electron chi connectivity index (χ3n) is 4.53. The molecule has 3 N–H and O–H groups in total. The molecule has 3 atom stereocenters. The maximum atomic E-state index is 13.0. The van der Waals surface area contributed by atoms with Gasteiger partial charge in [0.25, 0.3) is 0 Å². The Morgan fingerprint density at radius 2 is 1.88 bits per heavy atom. The van der Waals surface area contributed by atoms with E-state index in [1.807, 2.05) is 37.3 Å². The van der Waals surface area contributed by atoms with Crippen molar-refractivity contribution in [1.29, 1.82) is 0 Å². The van der Waals surface area contributed by atoms with Gasteiger partial charge in [0.1, 0.15) is 0 Å². The Bertz CT molecular complexity index is 696. The molecule has 1 aliphatic rings. The molecular formula is C19H21F3N2. The van der Waals surface area contributed by atoms with Gasteiger partial charge < -0.3 is 11.1 Å². The van der Waals surface area contributed by atoms with Crippen molar-refractivity contribution < 1.29 is 13.2 Å². The van der Waals surface area contributed by atoms with Crippen molar-refractivity contribution in [3.8, 4) is 0 Å². The first kappa shape index (κ1) is 16.8. The van der Waals surface area contributed by atoms with Crippen molar-refractivity contribution in [2.75, 3.05) is 5.32 Å². The molecule has 2 aromatic rings. The molecule has 0 saturated carbocycles. The Hall–Kier alpha value is -2.01. The van der Waals surface area contributed by atoms with Crippen molar-refractivity contribution >= 4 is 5.69 Å². The number of alkyl halides is 3. The average Bonchev–Trinajstić information content (AvgIpc) is 2.53. The molecule has 2 nitrogen and oxygen atoms in total. The summed E-state index contributed by atoms with van der Waals surface area (Å²) >= 11 is 0. The van der Waals surface area contributed by atoms with Gasteiger partial charge in [-0.1, -0.05) is 30.3 Å². The predicted molar refractivity (Wildman–Crippen MR) is 89.9 cm³/mol. The van der Waals surface area contributed by atoms with Gasteiger partial charge in [0, 0.05) is 11.7 Å². The molecule has 0 fully saturated rings. The molecule has 0 aliphatic carbocycles. The van der Waals surface area contributed by atoms with Crippen LogP contribution in [0.25, 0.3) is 0 Å². The van der Waals surface area contributed by atoms with E-state index in [4.69, 9.17) is 5.73 Å². The zero-order valence-corrected chi connectivity index (χ0v) is 13.5. The zero-order chi connectivity index (χ0) is 17.3. The van der Waals surface area contributed by atoms with Crippen molar-refractivity contribution in [2.24, 2.45) is 5.73 Å². The SMILES string of the molecule is C[C@@H](N)C[C@H]1C[C@H](c2ccccc2)Nc2ccc(C(F)(F)F)cc21. The minimum atomic E-state index is -4.33. The summed E-state index contributed by atoms with van der Waals surface area (Å²) in [6.07, 6.45) is -2.93. The lowest BCUT2D eigenvalue weighted by atomic mass is 9.80. The highest BCUT2D eigenvalue weighted by atomic mass is 19.4. The molecule has 0 bridgehead atoms. The summed E-state index contributed by atoms with van der Waals surface area (Å²) in [5.74, 6) is 0.00811. The van der Waals surface area contributed by atoms with Gasteiger partial charge in [0.2, 0.25) is 0 Å². The van der Waals surface area contributed by atoms with E-state index in [0.29, 0.717) is 12.0 Å². The summed E-state index contributed by atoms with van der Waals surface area (Å²) in [6.45, 7) is 1.90. The second-order valence-electron chi connectivity index (χ2n) is 6.55. The summed E-state index contributed by atoms with van der Waals surface area (Å²) in [4.78, 5) is 0. The van der Waals surface area contributed by atoms with E-state index in [-0.39, 0.29) is 18.0 Å². The van der Waals surface area contributed by atoms with Crippen LogP contribution < -0.4 is 11.1 Å². The normalized spacial score (nSPS) is 21.7. The van der Waals surface area contributed by atoms with E-state index in [9.17, 15) is 13.2 Å². The first-order valence-electron chi connectivity index (χ1n) is 8.13. The predicted octanol–water partition coefficient (Wildman–Crippen LogP) is 5.08. The Kier molecular flexibility index (Phi) is 4.54. The third kappa shape index (κ3) is 3.56. The highest BCUT2D eigenvalue weighted by molar-refractivity contribution is 5.58. The van der Waals surface area contributed by atoms with E-state index in [1.54, 1.807) is 6.07 Å². The van der Waals surface area contributed by atoms with Crippen LogP contribution in [-0.4, -0.2) is 6.04 Å².